The van der Waals surface area contributed by atoms with Crippen LogP contribution in [-0.2, 0) is 14.3 Å². The molecule has 0 N–H and O–H groups in total. The van der Waals surface area contributed by atoms with E-state index in [1.165, 1.54) is 38.5 Å². The summed E-state index contributed by atoms with van der Waals surface area (Å²) >= 11 is 0. The molecule has 0 heterocycles. The van der Waals surface area contributed by atoms with Crippen molar-refractivity contribution >= 4 is 17.7 Å². The molecule has 5 nitrogen and oxygen atoms in total. The van der Waals surface area contributed by atoms with Crippen molar-refractivity contribution in [3.8, 4) is 0 Å². The van der Waals surface area contributed by atoms with Gasteiger partial charge in [0.25, 0.3) is 0 Å². The molecule has 1 rings (SSSR count). The number of hydrogen-bond acceptors (Lipinski definition) is 5. The first-order chi connectivity index (χ1) is 16.8. The van der Waals surface area contributed by atoms with E-state index < -0.39 is 11.9 Å². The second-order valence-electron chi connectivity index (χ2n) is 11.8. The summed E-state index contributed by atoms with van der Waals surface area (Å²) in [6, 6.07) is 6.44. The number of Topliss-reactive ketones (excluding diaryl/α,β-unsaturated/α-hetero) is 1. The SMILES string of the molecule is CC(C)(C)CCCCCC(=O)CCCCCC(C)(C)C.CCOC(=O)c1ccccc1C(=O)OCC. The predicted molar refractivity (Wildman–Crippen MR) is 148 cm³/mol. The maximum absolute atomic E-state index is 11.8. The van der Waals surface area contributed by atoms with Crippen LogP contribution in [0.4, 0.5) is 0 Å². The number of unbranched alkanes of at least 4 members (excludes halogenated alkanes) is 4. The Balaban J connectivity index is 0.000000696. The van der Waals surface area contributed by atoms with Crippen molar-refractivity contribution in [1.82, 2.24) is 0 Å². The van der Waals surface area contributed by atoms with Gasteiger partial charge in [0.05, 0.1) is 24.3 Å². The van der Waals surface area contributed by atoms with Crippen LogP contribution in [0.1, 0.15) is 140 Å². The molecule has 0 aliphatic carbocycles. The Kier molecular flexibility index (Phi) is 17.0. The van der Waals surface area contributed by atoms with Gasteiger partial charge in [-0.2, -0.15) is 0 Å². The number of ketones is 1. The first-order valence-electron chi connectivity index (χ1n) is 13.8. The number of carbonyl (C=O) groups excluding carboxylic acids is 3. The molecule has 0 aliphatic rings. The van der Waals surface area contributed by atoms with Crippen molar-refractivity contribution in [2.45, 2.75) is 120 Å². The van der Waals surface area contributed by atoms with Crippen LogP contribution in [0.2, 0.25) is 0 Å². The van der Waals surface area contributed by atoms with Crippen molar-refractivity contribution in [1.29, 1.82) is 0 Å². The summed E-state index contributed by atoms with van der Waals surface area (Å²) in [6.45, 7) is 17.7. The van der Waals surface area contributed by atoms with E-state index in [2.05, 4.69) is 41.5 Å². The Morgan fingerprint density at radius 3 is 1.28 bits per heavy atom. The fraction of sp³-hybridized carbons (Fsp3) is 0.710. The number of carbonyl (C=O) groups is 3. The van der Waals surface area contributed by atoms with Gasteiger partial charge in [-0.05, 0) is 62.5 Å². The molecule has 0 fully saturated rings. The minimum absolute atomic E-state index is 0.239. The highest BCUT2D eigenvalue weighted by Crippen LogP contribution is 2.23. The number of ether oxygens (including phenoxy) is 2. The Labute approximate surface area is 220 Å². The van der Waals surface area contributed by atoms with Gasteiger partial charge in [0.15, 0.2) is 0 Å². The summed E-state index contributed by atoms with van der Waals surface area (Å²) in [5.74, 6) is -0.533. The zero-order valence-electron chi connectivity index (χ0n) is 24.3. The lowest BCUT2D eigenvalue weighted by Crippen LogP contribution is -2.13. The summed E-state index contributed by atoms with van der Waals surface area (Å²) in [4.78, 5) is 34.9. The number of rotatable bonds is 14. The lowest BCUT2D eigenvalue weighted by atomic mass is 9.89. The minimum Gasteiger partial charge on any atom is -0.462 e. The van der Waals surface area contributed by atoms with Gasteiger partial charge in [0.2, 0.25) is 0 Å². The lowest BCUT2D eigenvalue weighted by Gasteiger charge is -2.17. The monoisotopic (exact) mass is 504 g/mol. The minimum atomic E-state index is -0.508. The van der Waals surface area contributed by atoms with E-state index in [1.807, 2.05) is 0 Å². The zero-order valence-corrected chi connectivity index (χ0v) is 24.3. The largest absolute Gasteiger partial charge is 0.462 e. The Hall–Kier alpha value is -2.17. The molecular weight excluding hydrogens is 452 g/mol. The van der Waals surface area contributed by atoms with Gasteiger partial charge in [-0.1, -0.05) is 79.4 Å². The maximum Gasteiger partial charge on any atom is 0.338 e. The van der Waals surface area contributed by atoms with Crippen LogP contribution in [-0.4, -0.2) is 30.9 Å². The molecule has 0 aliphatic heterocycles. The molecule has 0 unspecified atom stereocenters. The van der Waals surface area contributed by atoms with Crippen molar-refractivity contribution in [2.75, 3.05) is 13.2 Å². The Morgan fingerprint density at radius 2 is 0.972 bits per heavy atom. The van der Waals surface area contributed by atoms with Gasteiger partial charge in [-0.3, -0.25) is 4.79 Å². The van der Waals surface area contributed by atoms with Crippen LogP contribution in [0.3, 0.4) is 0 Å². The average molecular weight is 505 g/mol. The molecule has 0 atom stereocenters. The van der Waals surface area contributed by atoms with E-state index >= 15 is 0 Å². The van der Waals surface area contributed by atoms with Crippen LogP contribution in [0, 0.1) is 10.8 Å². The van der Waals surface area contributed by atoms with E-state index in [4.69, 9.17) is 9.47 Å². The standard InChI is InChI=1S/C19H38O.C12H14O4/c1-18(2,3)15-11-7-9-13-17(20)14-10-8-12-16-19(4,5)6;1-3-15-11(13)9-7-5-6-8-10(9)12(14)16-4-2/h7-16H2,1-6H3;5-8H,3-4H2,1-2H3. The van der Waals surface area contributed by atoms with Gasteiger partial charge >= 0.3 is 11.9 Å². The lowest BCUT2D eigenvalue weighted by molar-refractivity contribution is -0.119. The first kappa shape index (κ1) is 33.8. The third kappa shape index (κ3) is 18.1. The predicted octanol–water partition coefficient (Wildman–Crippen LogP) is 8.59. The summed E-state index contributed by atoms with van der Waals surface area (Å²) in [5, 5.41) is 0. The highest BCUT2D eigenvalue weighted by atomic mass is 16.5. The molecule has 0 amide bonds. The highest BCUT2D eigenvalue weighted by Gasteiger charge is 2.18. The maximum atomic E-state index is 11.8. The van der Waals surface area contributed by atoms with Gasteiger partial charge in [0, 0.05) is 12.8 Å². The van der Waals surface area contributed by atoms with Crippen LogP contribution in [0.25, 0.3) is 0 Å². The summed E-state index contributed by atoms with van der Waals surface area (Å²) in [6.07, 6.45) is 11.3. The quantitative estimate of drug-likeness (QED) is 0.187. The van der Waals surface area contributed by atoms with Crippen LogP contribution in [0.15, 0.2) is 24.3 Å². The molecule has 5 heteroatoms. The highest BCUT2D eigenvalue weighted by molar-refractivity contribution is 6.03. The first-order valence-corrected chi connectivity index (χ1v) is 13.8. The van der Waals surface area contributed by atoms with Crippen molar-refractivity contribution in [3.63, 3.8) is 0 Å². The molecule has 1 aromatic carbocycles. The summed E-state index contributed by atoms with van der Waals surface area (Å²) in [7, 11) is 0. The molecular formula is C31H52O5. The summed E-state index contributed by atoms with van der Waals surface area (Å²) < 4.78 is 9.70. The second kappa shape index (κ2) is 18.1. The van der Waals surface area contributed by atoms with Gasteiger partial charge < -0.3 is 9.47 Å². The molecule has 0 saturated carbocycles. The van der Waals surface area contributed by atoms with E-state index in [0.29, 0.717) is 16.6 Å². The molecule has 0 spiro atoms. The molecule has 0 radical (unpaired) electrons. The molecule has 0 bridgehead atoms. The fourth-order valence-electron chi connectivity index (χ4n) is 3.69. The van der Waals surface area contributed by atoms with Crippen molar-refractivity contribution < 1.29 is 23.9 Å². The van der Waals surface area contributed by atoms with Gasteiger partial charge in [-0.15, -0.1) is 0 Å². The normalized spacial score (nSPS) is 11.3. The third-order valence-corrected chi connectivity index (χ3v) is 5.68. The number of benzene rings is 1. The van der Waals surface area contributed by atoms with Crippen LogP contribution < -0.4 is 0 Å². The Morgan fingerprint density at radius 1 is 0.611 bits per heavy atom. The smallest absolute Gasteiger partial charge is 0.338 e. The number of hydrogen-bond donors (Lipinski definition) is 0. The van der Waals surface area contributed by atoms with Crippen molar-refractivity contribution in [2.24, 2.45) is 10.8 Å². The van der Waals surface area contributed by atoms with E-state index in [0.717, 1.165) is 25.7 Å². The Bertz CT molecular complexity index is 705. The van der Waals surface area contributed by atoms with Crippen molar-refractivity contribution in [3.05, 3.63) is 35.4 Å². The number of esters is 2. The average Bonchev–Trinajstić information content (AvgIpc) is 2.78. The van der Waals surface area contributed by atoms with E-state index in [1.54, 1.807) is 38.1 Å². The zero-order chi connectivity index (χ0) is 27.6. The van der Waals surface area contributed by atoms with Gasteiger partial charge in [0.1, 0.15) is 5.78 Å². The van der Waals surface area contributed by atoms with Gasteiger partial charge in [-0.25, -0.2) is 9.59 Å². The third-order valence-electron chi connectivity index (χ3n) is 5.68. The topological polar surface area (TPSA) is 69.7 Å². The van der Waals surface area contributed by atoms with E-state index in [9.17, 15) is 14.4 Å². The molecule has 1 aromatic rings. The second-order valence-corrected chi connectivity index (χ2v) is 11.8. The molecule has 0 saturated heterocycles. The summed E-state index contributed by atoms with van der Waals surface area (Å²) in [5.41, 5.74) is 1.36. The van der Waals surface area contributed by atoms with Crippen LogP contribution in [0.5, 0.6) is 0 Å². The molecule has 36 heavy (non-hydrogen) atoms. The van der Waals surface area contributed by atoms with Crippen LogP contribution >= 0.6 is 0 Å². The fourth-order valence-corrected chi connectivity index (χ4v) is 3.69. The van der Waals surface area contributed by atoms with E-state index in [-0.39, 0.29) is 24.3 Å². The molecule has 0 aromatic heterocycles. The molecule has 206 valence electrons.